The van der Waals surface area contributed by atoms with Crippen LogP contribution >= 0.6 is 0 Å². The van der Waals surface area contributed by atoms with Crippen molar-refractivity contribution < 1.29 is 18.5 Å². The molecule has 3 nitrogen and oxygen atoms in total. The first-order valence-corrected chi connectivity index (χ1v) is 6.63. The molecule has 1 aromatic carbocycles. The van der Waals surface area contributed by atoms with E-state index in [4.69, 9.17) is 0 Å². The van der Waals surface area contributed by atoms with Gasteiger partial charge in [0.15, 0.2) is 6.54 Å². The van der Waals surface area contributed by atoms with Gasteiger partial charge in [-0.05, 0) is 30.9 Å². The lowest BCUT2D eigenvalue weighted by Crippen LogP contribution is -3.14. The predicted octanol–water partition coefficient (Wildman–Crippen LogP) is 1.22. The molecule has 0 atom stereocenters. The summed E-state index contributed by atoms with van der Waals surface area (Å²) in [6.45, 7) is 4.34. The largest absolute Gasteiger partial charge is 0.327 e. The van der Waals surface area contributed by atoms with Gasteiger partial charge in [-0.2, -0.15) is 0 Å². The Balaban J connectivity index is 1.91. The highest BCUT2D eigenvalue weighted by Gasteiger charge is 2.22. The fraction of sp³-hybridized carbons (Fsp3) is 0.500. The molecule has 1 aromatic rings. The normalized spacial score (nSPS) is 23.1. The Kier molecular flexibility index (Phi) is 4.47. The molecule has 5 heteroatoms. The average molecular weight is 269 g/mol. The Labute approximate surface area is 111 Å². The van der Waals surface area contributed by atoms with Crippen LogP contribution < -0.4 is 10.2 Å². The predicted molar refractivity (Wildman–Crippen MR) is 68.9 cm³/mol. The van der Waals surface area contributed by atoms with Crippen molar-refractivity contribution in [2.24, 2.45) is 5.92 Å². The number of quaternary nitrogens is 1. The number of hydrogen-bond donors (Lipinski definition) is 2. The van der Waals surface area contributed by atoms with Crippen molar-refractivity contribution in [3.8, 4) is 0 Å². The van der Waals surface area contributed by atoms with Gasteiger partial charge in [-0.25, -0.2) is 8.78 Å². The zero-order valence-electron chi connectivity index (χ0n) is 11.0. The lowest BCUT2D eigenvalue weighted by Gasteiger charge is -2.26. The van der Waals surface area contributed by atoms with Crippen LogP contribution in [0.25, 0.3) is 0 Å². The highest BCUT2D eigenvalue weighted by molar-refractivity contribution is 5.91. The number of anilines is 1. The van der Waals surface area contributed by atoms with E-state index in [1.807, 2.05) is 0 Å². The lowest BCUT2D eigenvalue weighted by atomic mass is 9.99. The molecular formula is C14H19F2N2O+. The summed E-state index contributed by atoms with van der Waals surface area (Å²) in [6, 6.07) is 3.54. The molecule has 2 rings (SSSR count). The molecule has 0 saturated carbocycles. The van der Waals surface area contributed by atoms with Crippen LogP contribution in [0.15, 0.2) is 18.2 Å². The summed E-state index contributed by atoms with van der Waals surface area (Å²) in [4.78, 5) is 13.0. The van der Waals surface area contributed by atoms with Crippen molar-refractivity contribution in [1.82, 2.24) is 0 Å². The van der Waals surface area contributed by atoms with Crippen LogP contribution in [0.3, 0.4) is 0 Å². The van der Waals surface area contributed by atoms with E-state index in [0.717, 1.165) is 38.1 Å². The number of hydrogen-bond acceptors (Lipinski definition) is 1. The molecule has 1 fully saturated rings. The number of likely N-dealkylation sites (tertiary alicyclic amines) is 1. The molecule has 0 radical (unpaired) electrons. The summed E-state index contributed by atoms with van der Waals surface area (Å²) in [5.74, 6) is -1.12. The van der Waals surface area contributed by atoms with Gasteiger partial charge in [-0.3, -0.25) is 4.79 Å². The topological polar surface area (TPSA) is 33.5 Å². The van der Waals surface area contributed by atoms with Gasteiger partial charge >= 0.3 is 0 Å². The van der Waals surface area contributed by atoms with Crippen molar-refractivity contribution in [3.05, 3.63) is 29.8 Å². The monoisotopic (exact) mass is 269 g/mol. The second-order valence-corrected chi connectivity index (χ2v) is 5.25. The minimum absolute atomic E-state index is 0.264. The molecule has 0 aliphatic carbocycles. The summed E-state index contributed by atoms with van der Waals surface area (Å²) in [5, 5.41) is 2.33. The summed E-state index contributed by atoms with van der Waals surface area (Å²) in [5.41, 5.74) is -0.350. The Hall–Kier alpha value is -1.49. The maximum atomic E-state index is 13.4. The molecule has 19 heavy (non-hydrogen) atoms. The highest BCUT2D eigenvalue weighted by atomic mass is 19.1. The number of para-hydroxylation sites is 1. The van der Waals surface area contributed by atoms with Crippen molar-refractivity contribution in [3.63, 3.8) is 0 Å². The van der Waals surface area contributed by atoms with Gasteiger partial charge in [0.05, 0.1) is 13.1 Å². The van der Waals surface area contributed by atoms with Crippen molar-refractivity contribution in [2.45, 2.75) is 19.8 Å². The van der Waals surface area contributed by atoms with E-state index < -0.39 is 11.6 Å². The van der Waals surface area contributed by atoms with E-state index >= 15 is 0 Å². The van der Waals surface area contributed by atoms with Crippen molar-refractivity contribution >= 4 is 11.6 Å². The first-order chi connectivity index (χ1) is 9.06. The molecule has 1 aliphatic rings. The summed E-state index contributed by atoms with van der Waals surface area (Å²) in [6.07, 6.45) is 2.19. The Morgan fingerprint density at radius 2 is 1.89 bits per heavy atom. The zero-order chi connectivity index (χ0) is 13.8. The Morgan fingerprint density at radius 3 is 2.47 bits per heavy atom. The molecular weight excluding hydrogens is 250 g/mol. The average Bonchev–Trinajstić information content (AvgIpc) is 2.37. The SMILES string of the molecule is CC1CC[NH+](CC(=O)Nc2c(F)cccc2F)CC1. The molecule has 2 N–H and O–H groups in total. The molecule has 1 saturated heterocycles. The molecule has 1 heterocycles. The number of nitrogens with one attached hydrogen (secondary N) is 2. The van der Waals surface area contributed by atoms with Crippen LogP contribution in [-0.4, -0.2) is 25.5 Å². The van der Waals surface area contributed by atoms with Crippen LogP contribution in [0.2, 0.25) is 0 Å². The molecule has 0 unspecified atom stereocenters. The first kappa shape index (κ1) is 13.9. The second-order valence-electron chi connectivity index (χ2n) is 5.25. The van der Waals surface area contributed by atoms with Crippen molar-refractivity contribution in [2.75, 3.05) is 25.0 Å². The third-order valence-electron chi connectivity index (χ3n) is 3.62. The van der Waals surface area contributed by atoms with E-state index in [-0.39, 0.29) is 18.1 Å². The maximum absolute atomic E-state index is 13.4. The van der Waals surface area contributed by atoms with Gasteiger partial charge in [0, 0.05) is 0 Å². The summed E-state index contributed by atoms with van der Waals surface area (Å²) >= 11 is 0. The fourth-order valence-corrected chi connectivity index (χ4v) is 2.38. The quantitative estimate of drug-likeness (QED) is 0.850. The zero-order valence-corrected chi connectivity index (χ0v) is 11.0. The number of carbonyl (C=O) groups is 1. The van der Waals surface area contributed by atoms with Gasteiger partial charge in [-0.15, -0.1) is 0 Å². The minimum Gasteiger partial charge on any atom is -0.327 e. The van der Waals surface area contributed by atoms with Crippen LogP contribution in [0.5, 0.6) is 0 Å². The molecule has 0 bridgehead atoms. The third-order valence-corrected chi connectivity index (χ3v) is 3.62. The van der Waals surface area contributed by atoms with Gasteiger partial charge in [0.1, 0.15) is 17.3 Å². The highest BCUT2D eigenvalue weighted by Crippen LogP contribution is 2.17. The molecule has 104 valence electrons. The van der Waals surface area contributed by atoms with Crippen LogP contribution in [0, 0.1) is 17.6 Å². The number of carbonyl (C=O) groups excluding carboxylic acids is 1. The van der Waals surface area contributed by atoms with Crippen LogP contribution in [-0.2, 0) is 4.79 Å². The molecule has 0 spiro atoms. The molecule has 1 amide bonds. The fourth-order valence-electron chi connectivity index (χ4n) is 2.38. The van der Waals surface area contributed by atoms with Crippen LogP contribution in [0.4, 0.5) is 14.5 Å². The number of amides is 1. The van der Waals surface area contributed by atoms with Gasteiger partial charge in [-0.1, -0.05) is 13.0 Å². The van der Waals surface area contributed by atoms with E-state index in [2.05, 4.69) is 12.2 Å². The summed E-state index contributed by atoms with van der Waals surface area (Å²) < 4.78 is 26.8. The number of piperidine rings is 1. The molecule has 0 aromatic heterocycles. The minimum atomic E-state index is -0.740. The molecule has 1 aliphatic heterocycles. The second kappa shape index (κ2) is 6.10. The smallest absolute Gasteiger partial charge is 0.279 e. The third kappa shape index (κ3) is 3.73. The standard InChI is InChI=1S/C14H18F2N2O/c1-10-5-7-18(8-6-10)9-13(19)17-14-11(15)3-2-4-12(14)16/h2-4,10H,5-9H2,1H3,(H,17,19)/p+1. The van der Waals surface area contributed by atoms with Crippen LogP contribution in [0.1, 0.15) is 19.8 Å². The van der Waals surface area contributed by atoms with E-state index in [0.29, 0.717) is 5.92 Å². The van der Waals surface area contributed by atoms with Gasteiger partial charge < -0.3 is 10.2 Å². The maximum Gasteiger partial charge on any atom is 0.279 e. The van der Waals surface area contributed by atoms with E-state index in [1.165, 1.54) is 11.0 Å². The first-order valence-electron chi connectivity index (χ1n) is 6.63. The number of halogens is 2. The number of rotatable bonds is 3. The van der Waals surface area contributed by atoms with Gasteiger partial charge in [0.25, 0.3) is 5.91 Å². The van der Waals surface area contributed by atoms with Crippen molar-refractivity contribution in [1.29, 1.82) is 0 Å². The Bertz CT molecular complexity index is 437. The van der Waals surface area contributed by atoms with Gasteiger partial charge in [0.2, 0.25) is 0 Å². The lowest BCUT2D eigenvalue weighted by molar-refractivity contribution is -0.897. The number of benzene rings is 1. The van der Waals surface area contributed by atoms with E-state index in [9.17, 15) is 13.6 Å². The Morgan fingerprint density at radius 1 is 1.32 bits per heavy atom. The van der Waals surface area contributed by atoms with E-state index in [1.54, 1.807) is 0 Å². The summed E-state index contributed by atoms with van der Waals surface area (Å²) in [7, 11) is 0.